The first kappa shape index (κ1) is 11.0. The standard InChI is InChI=1S/C13H25N3/c1-15-6-5-10(9-15)14-11-7-12-3-4-13(8-11)16(12)2/h10-14H,3-9H2,1-2H3. The number of nitrogens with zero attached hydrogens (tertiary/aromatic N) is 2. The molecule has 0 saturated carbocycles. The Hall–Kier alpha value is -0.120. The summed E-state index contributed by atoms with van der Waals surface area (Å²) in [5.41, 5.74) is 0. The van der Waals surface area contributed by atoms with Crippen molar-refractivity contribution in [2.45, 2.75) is 56.3 Å². The first-order valence-corrected chi connectivity index (χ1v) is 6.89. The summed E-state index contributed by atoms with van der Waals surface area (Å²) in [5, 5.41) is 3.90. The van der Waals surface area contributed by atoms with Crippen LogP contribution in [0.5, 0.6) is 0 Å². The van der Waals surface area contributed by atoms with E-state index in [1.54, 1.807) is 0 Å². The maximum atomic E-state index is 3.90. The van der Waals surface area contributed by atoms with E-state index in [2.05, 4.69) is 29.2 Å². The molecule has 0 aromatic heterocycles. The zero-order valence-corrected chi connectivity index (χ0v) is 10.7. The topological polar surface area (TPSA) is 18.5 Å². The second kappa shape index (κ2) is 4.28. The lowest BCUT2D eigenvalue weighted by Gasteiger charge is -2.37. The molecule has 0 radical (unpaired) electrons. The summed E-state index contributed by atoms with van der Waals surface area (Å²) in [6.45, 7) is 2.53. The van der Waals surface area contributed by atoms with Crippen molar-refractivity contribution in [1.82, 2.24) is 15.1 Å². The molecule has 3 aliphatic rings. The van der Waals surface area contributed by atoms with Crippen LogP contribution in [0, 0.1) is 0 Å². The number of hydrogen-bond acceptors (Lipinski definition) is 3. The highest BCUT2D eigenvalue weighted by Gasteiger charge is 2.39. The van der Waals surface area contributed by atoms with Crippen molar-refractivity contribution in [3.63, 3.8) is 0 Å². The Morgan fingerprint density at radius 3 is 2.19 bits per heavy atom. The molecule has 16 heavy (non-hydrogen) atoms. The van der Waals surface area contributed by atoms with Crippen molar-refractivity contribution in [3.05, 3.63) is 0 Å². The lowest BCUT2D eigenvalue weighted by molar-refractivity contribution is 0.143. The Morgan fingerprint density at radius 2 is 1.62 bits per heavy atom. The molecule has 3 nitrogen and oxygen atoms in total. The molecule has 3 aliphatic heterocycles. The number of likely N-dealkylation sites (N-methyl/N-ethyl adjacent to an activating group) is 1. The van der Waals surface area contributed by atoms with Gasteiger partial charge in [0.25, 0.3) is 0 Å². The van der Waals surface area contributed by atoms with Crippen LogP contribution < -0.4 is 5.32 Å². The Balaban J connectivity index is 1.53. The van der Waals surface area contributed by atoms with Gasteiger partial charge in [-0.25, -0.2) is 0 Å². The summed E-state index contributed by atoms with van der Waals surface area (Å²) in [7, 11) is 4.56. The molecule has 3 unspecified atom stereocenters. The molecule has 3 atom stereocenters. The first-order valence-electron chi connectivity index (χ1n) is 6.89. The van der Waals surface area contributed by atoms with Crippen LogP contribution in [-0.2, 0) is 0 Å². The number of rotatable bonds is 2. The third-order valence-electron chi connectivity index (χ3n) is 4.96. The van der Waals surface area contributed by atoms with Gasteiger partial charge in [-0.3, -0.25) is 0 Å². The highest BCUT2D eigenvalue weighted by atomic mass is 15.2. The van der Waals surface area contributed by atoms with Gasteiger partial charge in [-0.2, -0.15) is 0 Å². The minimum atomic E-state index is 0.762. The van der Waals surface area contributed by atoms with E-state index in [1.807, 2.05) is 0 Å². The van der Waals surface area contributed by atoms with E-state index in [-0.39, 0.29) is 0 Å². The SMILES string of the molecule is CN1CCC(NC2CC3CCC(C2)N3C)C1. The van der Waals surface area contributed by atoms with Gasteiger partial charge in [0.1, 0.15) is 0 Å². The van der Waals surface area contributed by atoms with Gasteiger partial charge >= 0.3 is 0 Å². The van der Waals surface area contributed by atoms with Crippen molar-refractivity contribution in [2.24, 2.45) is 0 Å². The lowest BCUT2D eigenvalue weighted by atomic mass is 9.97. The summed E-state index contributed by atoms with van der Waals surface area (Å²) in [5.74, 6) is 0. The molecule has 0 spiro atoms. The van der Waals surface area contributed by atoms with Gasteiger partial charge < -0.3 is 15.1 Å². The van der Waals surface area contributed by atoms with Crippen LogP contribution in [0.4, 0.5) is 0 Å². The maximum Gasteiger partial charge on any atom is 0.0209 e. The normalized spacial score (nSPS) is 45.4. The molecule has 1 N–H and O–H groups in total. The van der Waals surface area contributed by atoms with Gasteiger partial charge in [0, 0.05) is 30.7 Å². The summed E-state index contributed by atoms with van der Waals surface area (Å²) in [6.07, 6.45) is 6.98. The minimum absolute atomic E-state index is 0.762. The molecular weight excluding hydrogens is 198 g/mol. The molecule has 0 aromatic carbocycles. The van der Waals surface area contributed by atoms with Gasteiger partial charge in [0.2, 0.25) is 0 Å². The number of nitrogens with one attached hydrogen (secondary N) is 1. The monoisotopic (exact) mass is 223 g/mol. The molecule has 0 aliphatic carbocycles. The van der Waals surface area contributed by atoms with Crippen LogP contribution in [0.2, 0.25) is 0 Å². The second-order valence-electron chi connectivity index (χ2n) is 6.13. The van der Waals surface area contributed by atoms with E-state index in [4.69, 9.17) is 0 Å². The van der Waals surface area contributed by atoms with Gasteiger partial charge in [0.15, 0.2) is 0 Å². The molecule has 3 heteroatoms. The minimum Gasteiger partial charge on any atom is -0.310 e. The number of fused-ring (bicyclic) bond motifs is 2. The molecule has 2 bridgehead atoms. The van der Waals surface area contributed by atoms with Crippen LogP contribution in [0.15, 0.2) is 0 Å². The molecular formula is C13H25N3. The van der Waals surface area contributed by atoms with Crippen LogP contribution in [-0.4, -0.2) is 61.2 Å². The molecule has 3 heterocycles. The quantitative estimate of drug-likeness (QED) is 0.750. The summed E-state index contributed by atoms with van der Waals surface area (Å²) < 4.78 is 0. The Bertz CT molecular complexity index is 242. The van der Waals surface area contributed by atoms with Crippen LogP contribution >= 0.6 is 0 Å². The Labute approximate surface area is 99.2 Å². The predicted molar refractivity (Wildman–Crippen MR) is 66.6 cm³/mol. The third kappa shape index (κ3) is 2.01. The van der Waals surface area contributed by atoms with E-state index >= 15 is 0 Å². The van der Waals surface area contributed by atoms with E-state index in [9.17, 15) is 0 Å². The van der Waals surface area contributed by atoms with E-state index in [0.29, 0.717) is 0 Å². The van der Waals surface area contributed by atoms with Crippen molar-refractivity contribution >= 4 is 0 Å². The fourth-order valence-corrected chi connectivity index (χ4v) is 3.95. The van der Waals surface area contributed by atoms with E-state index in [1.165, 1.54) is 45.2 Å². The zero-order valence-electron chi connectivity index (χ0n) is 10.7. The van der Waals surface area contributed by atoms with Crippen molar-refractivity contribution < 1.29 is 0 Å². The highest BCUT2D eigenvalue weighted by molar-refractivity contribution is 4.97. The van der Waals surface area contributed by atoms with Gasteiger partial charge in [-0.05, 0) is 52.7 Å². The summed E-state index contributed by atoms with van der Waals surface area (Å²) in [4.78, 5) is 5.07. The van der Waals surface area contributed by atoms with Crippen molar-refractivity contribution in [1.29, 1.82) is 0 Å². The van der Waals surface area contributed by atoms with Gasteiger partial charge in [-0.15, -0.1) is 0 Å². The third-order valence-corrected chi connectivity index (χ3v) is 4.96. The Kier molecular flexibility index (Phi) is 2.94. The molecule has 0 aromatic rings. The lowest BCUT2D eigenvalue weighted by Crippen LogP contribution is -2.50. The van der Waals surface area contributed by atoms with Crippen molar-refractivity contribution in [3.8, 4) is 0 Å². The summed E-state index contributed by atoms with van der Waals surface area (Å²) >= 11 is 0. The Morgan fingerprint density at radius 1 is 0.938 bits per heavy atom. The molecule has 3 rings (SSSR count). The molecule has 3 fully saturated rings. The maximum absolute atomic E-state index is 3.90. The number of likely N-dealkylation sites (tertiary alicyclic amines) is 1. The summed E-state index contributed by atoms with van der Waals surface area (Å²) in [6, 6.07) is 3.30. The van der Waals surface area contributed by atoms with E-state index in [0.717, 1.165) is 24.2 Å². The predicted octanol–water partition coefficient (Wildman–Crippen LogP) is 0.905. The fraction of sp³-hybridized carbons (Fsp3) is 1.00. The van der Waals surface area contributed by atoms with Crippen LogP contribution in [0.1, 0.15) is 32.1 Å². The van der Waals surface area contributed by atoms with Crippen LogP contribution in [0.25, 0.3) is 0 Å². The van der Waals surface area contributed by atoms with E-state index < -0.39 is 0 Å². The average molecular weight is 223 g/mol. The molecule has 92 valence electrons. The average Bonchev–Trinajstić information content (AvgIpc) is 2.72. The molecule has 3 saturated heterocycles. The first-order chi connectivity index (χ1) is 7.72. The van der Waals surface area contributed by atoms with Crippen LogP contribution in [0.3, 0.4) is 0 Å². The van der Waals surface area contributed by atoms with Gasteiger partial charge in [0.05, 0.1) is 0 Å². The van der Waals surface area contributed by atoms with Gasteiger partial charge in [-0.1, -0.05) is 0 Å². The second-order valence-corrected chi connectivity index (χ2v) is 6.13. The zero-order chi connectivity index (χ0) is 11.1. The smallest absolute Gasteiger partial charge is 0.0209 e. The van der Waals surface area contributed by atoms with Crippen molar-refractivity contribution in [2.75, 3.05) is 27.2 Å². The number of piperidine rings is 1. The highest BCUT2D eigenvalue weighted by Crippen LogP contribution is 2.34. The fourth-order valence-electron chi connectivity index (χ4n) is 3.95. The largest absolute Gasteiger partial charge is 0.310 e. The molecule has 0 amide bonds. The number of hydrogen-bond donors (Lipinski definition) is 1.